The van der Waals surface area contributed by atoms with E-state index in [1.54, 1.807) is 25.6 Å². The summed E-state index contributed by atoms with van der Waals surface area (Å²) in [5.41, 5.74) is 2.02. The summed E-state index contributed by atoms with van der Waals surface area (Å²) in [6.45, 7) is 2.63. The highest BCUT2D eigenvalue weighted by Crippen LogP contribution is 2.28. The molecule has 2 aromatic heterocycles. The first-order chi connectivity index (χ1) is 13.5. The number of carbonyl (C=O) groups excluding carboxylic acids is 1. The number of pyridine rings is 2. The van der Waals surface area contributed by atoms with Crippen LogP contribution in [0.3, 0.4) is 0 Å². The molecule has 0 spiro atoms. The van der Waals surface area contributed by atoms with Crippen molar-refractivity contribution in [3.8, 4) is 5.88 Å². The second-order valence-electron chi connectivity index (χ2n) is 7.07. The average molecular weight is 423 g/mol. The van der Waals surface area contributed by atoms with Crippen LogP contribution in [0, 0.1) is 12.8 Å². The number of halogens is 2. The first-order valence-electron chi connectivity index (χ1n) is 9.32. The van der Waals surface area contributed by atoms with E-state index in [0.29, 0.717) is 33.1 Å². The number of carbonyl (C=O) groups is 1. The maximum Gasteiger partial charge on any atom is 0.253 e. The molecule has 2 N–H and O–H groups in total. The fourth-order valence-electron chi connectivity index (χ4n) is 3.48. The molecule has 0 atom stereocenters. The summed E-state index contributed by atoms with van der Waals surface area (Å²) in [6.07, 6.45) is 7.06. The molecule has 8 heteroatoms. The van der Waals surface area contributed by atoms with Gasteiger partial charge in [0, 0.05) is 25.0 Å². The molecule has 3 rings (SSSR count). The van der Waals surface area contributed by atoms with Gasteiger partial charge in [0.15, 0.2) is 0 Å². The van der Waals surface area contributed by atoms with Gasteiger partial charge in [-0.15, -0.1) is 0 Å². The highest BCUT2D eigenvalue weighted by atomic mass is 35.5. The van der Waals surface area contributed by atoms with E-state index < -0.39 is 0 Å². The summed E-state index contributed by atoms with van der Waals surface area (Å²) in [5, 5.41) is 7.54. The second-order valence-corrected chi connectivity index (χ2v) is 7.94. The molecule has 0 bridgehead atoms. The molecule has 28 heavy (non-hydrogen) atoms. The number of aryl methyl sites for hydroxylation is 1. The maximum absolute atomic E-state index is 12.5. The Balaban J connectivity index is 1.49. The van der Waals surface area contributed by atoms with Crippen LogP contribution in [0.25, 0.3) is 0 Å². The topological polar surface area (TPSA) is 76.1 Å². The number of nitrogens with one attached hydrogen (secondary N) is 2. The molecule has 1 fully saturated rings. The van der Waals surface area contributed by atoms with E-state index in [1.165, 1.54) is 0 Å². The lowest BCUT2D eigenvalue weighted by Gasteiger charge is -2.29. The Bertz CT molecular complexity index is 839. The van der Waals surface area contributed by atoms with Crippen molar-refractivity contribution in [2.45, 2.75) is 38.6 Å². The molecule has 2 aromatic rings. The van der Waals surface area contributed by atoms with E-state index in [0.717, 1.165) is 37.9 Å². The van der Waals surface area contributed by atoms with E-state index in [1.807, 2.05) is 13.0 Å². The van der Waals surface area contributed by atoms with E-state index in [9.17, 15) is 4.79 Å². The van der Waals surface area contributed by atoms with Crippen LogP contribution in [0.15, 0.2) is 24.5 Å². The Hall–Kier alpha value is -2.05. The molecule has 1 saturated carbocycles. The molecule has 1 aliphatic rings. The zero-order valence-electron chi connectivity index (χ0n) is 16.0. The molecule has 0 aromatic carbocycles. The number of amides is 1. The third-order valence-corrected chi connectivity index (χ3v) is 5.49. The lowest BCUT2D eigenvalue weighted by Crippen LogP contribution is -2.38. The van der Waals surface area contributed by atoms with Crippen molar-refractivity contribution < 1.29 is 9.53 Å². The van der Waals surface area contributed by atoms with Crippen LogP contribution in [-0.2, 0) is 0 Å². The van der Waals surface area contributed by atoms with E-state index in [4.69, 9.17) is 27.9 Å². The van der Waals surface area contributed by atoms with Crippen LogP contribution in [0.2, 0.25) is 10.0 Å². The average Bonchev–Trinajstić information content (AvgIpc) is 2.69. The normalized spacial score (nSPS) is 19.1. The van der Waals surface area contributed by atoms with Gasteiger partial charge >= 0.3 is 0 Å². The van der Waals surface area contributed by atoms with Crippen LogP contribution < -0.4 is 15.4 Å². The molecule has 150 valence electrons. The van der Waals surface area contributed by atoms with Gasteiger partial charge in [0.2, 0.25) is 5.88 Å². The second kappa shape index (κ2) is 9.43. The van der Waals surface area contributed by atoms with Crippen LogP contribution in [0.5, 0.6) is 5.88 Å². The molecule has 0 unspecified atom stereocenters. The fourth-order valence-corrected chi connectivity index (χ4v) is 3.80. The molecule has 0 aliphatic heterocycles. The molecule has 0 radical (unpaired) electrons. The standard InChI is InChI=1S/C20H24Cl2N4O2/c1-12-17(7-14(21)10-23-12)19(27)26-16-5-3-13(4-6-16)9-24-18-8-15(22)11-25-20(18)28-2/h7-8,10-11,13,16,24H,3-6,9H2,1-2H3,(H,26,27)/t13-,16-. The predicted molar refractivity (Wildman–Crippen MR) is 111 cm³/mol. The van der Waals surface area contributed by atoms with Crippen molar-refractivity contribution in [2.24, 2.45) is 5.92 Å². The van der Waals surface area contributed by atoms with E-state index in [2.05, 4.69) is 20.6 Å². The van der Waals surface area contributed by atoms with Gasteiger partial charge in [-0.25, -0.2) is 4.98 Å². The zero-order valence-corrected chi connectivity index (χ0v) is 17.5. The Morgan fingerprint density at radius 2 is 1.82 bits per heavy atom. The molecule has 1 aliphatic carbocycles. The molecular weight excluding hydrogens is 399 g/mol. The summed E-state index contributed by atoms with van der Waals surface area (Å²) < 4.78 is 5.27. The minimum atomic E-state index is -0.108. The number of hydrogen-bond donors (Lipinski definition) is 2. The molecule has 1 amide bonds. The first-order valence-corrected chi connectivity index (χ1v) is 10.1. The summed E-state index contributed by atoms with van der Waals surface area (Å²) in [6, 6.07) is 3.66. The number of ether oxygens (including phenoxy) is 1. The van der Waals surface area contributed by atoms with E-state index in [-0.39, 0.29) is 11.9 Å². The third kappa shape index (κ3) is 5.26. The maximum atomic E-state index is 12.5. The van der Waals surface area contributed by atoms with Gasteiger partial charge in [-0.3, -0.25) is 9.78 Å². The van der Waals surface area contributed by atoms with Crippen LogP contribution in [-0.4, -0.2) is 35.6 Å². The predicted octanol–water partition coefficient (Wildman–Crippen LogP) is 4.50. The van der Waals surface area contributed by atoms with Crippen molar-refractivity contribution in [2.75, 3.05) is 19.0 Å². The van der Waals surface area contributed by atoms with Gasteiger partial charge in [0.05, 0.1) is 34.1 Å². The minimum absolute atomic E-state index is 0.108. The van der Waals surface area contributed by atoms with Crippen molar-refractivity contribution in [1.82, 2.24) is 15.3 Å². The molecule has 6 nitrogen and oxygen atoms in total. The van der Waals surface area contributed by atoms with Gasteiger partial charge in [0.25, 0.3) is 5.91 Å². The smallest absolute Gasteiger partial charge is 0.253 e. The number of methoxy groups -OCH3 is 1. The number of nitrogens with zero attached hydrogens (tertiary/aromatic N) is 2. The van der Waals surface area contributed by atoms with Gasteiger partial charge in [-0.1, -0.05) is 23.2 Å². The number of aromatic nitrogens is 2. The lowest BCUT2D eigenvalue weighted by atomic mass is 9.86. The quantitative estimate of drug-likeness (QED) is 0.716. The number of rotatable bonds is 6. The van der Waals surface area contributed by atoms with Crippen molar-refractivity contribution in [3.63, 3.8) is 0 Å². The lowest BCUT2D eigenvalue weighted by molar-refractivity contribution is 0.0921. The van der Waals surface area contributed by atoms with Crippen LogP contribution in [0.4, 0.5) is 5.69 Å². The third-order valence-electron chi connectivity index (χ3n) is 5.07. The first kappa shape index (κ1) is 20.7. The Morgan fingerprint density at radius 3 is 2.54 bits per heavy atom. The monoisotopic (exact) mass is 422 g/mol. The summed E-state index contributed by atoms with van der Waals surface area (Å²) in [7, 11) is 1.59. The molecular formula is C20H24Cl2N4O2. The highest BCUT2D eigenvalue weighted by Gasteiger charge is 2.24. The largest absolute Gasteiger partial charge is 0.480 e. The fraction of sp³-hybridized carbons (Fsp3) is 0.450. The molecule has 0 saturated heterocycles. The Labute approximate surface area is 175 Å². The van der Waals surface area contributed by atoms with Crippen molar-refractivity contribution >= 4 is 34.8 Å². The summed E-state index contributed by atoms with van der Waals surface area (Å²) >= 11 is 12.0. The Kier molecular flexibility index (Phi) is 6.97. The zero-order chi connectivity index (χ0) is 20.1. The van der Waals surface area contributed by atoms with Gasteiger partial charge in [0.1, 0.15) is 0 Å². The van der Waals surface area contributed by atoms with Crippen molar-refractivity contribution in [1.29, 1.82) is 0 Å². The van der Waals surface area contributed by atoms with E-state index >= 15 is 0 Å². The van der Waals surface area contributed by atoms with Crippen LogP contribution >= 0.6 is 23.2 Å². The molecule has 2 heterocycles. The van der Waals surface area contributed by atoms with Gasteiger partial charge in [-0.2, -0.15) is 0 Å². The van der Waals surface area contributed by atoms with Gasteiger partial charge < -0.3 is 15.4 Å². The van der Waals surface area contributed by atoms with Gasteiger partial charge in [-0.05, 0) is 50.7 Å². The number of hydrogen-bond acceptors (Lipinski definition) is 5. The minimum Gasteiger partial charge on any atom is -0.480 e. The highest BCUT2D eigenvalue weighted by molar-refractivity contribution is 6.31. The Morgan fingerprint density at radius 1 is 1.14 bits per heavy atom. The number of anilines is 1. The summed E-state index contributed by atoms with van der Waals surface area (Å²) in [5.74, 6) is 0.950. The summed E-state index contributed by atoms with van der Waals surface area (Å²) in [4.78, 5) is 20.8. The van der Waals surface area contributed by atoms with Crippen molar-refractivity contribution in [3.05, 3.63) is 45.8 Å². The van der Waals surface area contributed by atoms with Crippen LogP contribution in [0.1, 0.15) is 41.7 Å². The SMILES string of the molecule is COc1ncc(Cl)cc1NC[C@H]1CC[C@H](NC(=O)c2cc(Cl)cnc2C)CC1.